The summed E-state index contributed by atoms with van der Waals surface area (Å²) < 4.78 is 10.6. The molecule has 4 rings (SSSR count). The van der Waals surface area contributed by atoms with Crippen LogP contribution in [-0.2, 0) is 25.7 Å². The minimum absolute atomic E-state index is 0.0441. The summed E-state index contributed by atoms with van der Waals surface area (Å²) in [5, 5.41) is 9.33. The van der Waals surface area contributed by atoms with Gasteiger partial charge in [0.1, 0.15) is 6.04 Å². The average molecular weight is 457 g/mol. The molecule has 1 saturated heterocycles. The van der Waals surface area contributed by atoms with Crippen LogP contribution in [0.2, 0.25) is 5.02 Å². The highest BCUT2D eigenvalue weighted by molar-refractivity contribution is 6.31. The molecule has 1 unspecified atom stereocenters. The summed E-state index contributed by atoms with van der Waals surface area (Å²) in [7, 11) is 0. The van der Waals surface area contributed by atoms with Gasteiger partial charge in [-0.25, -0.2) is 9.69 Å². The van der Waals surface area contributed by atoms with Crippen molar-refractivity contribution in [3.05, 3.63) is 65.2 Å². The number of amides is 3. The topological polar surface area (TPSA) is 113 Å². The first kappa shape index (κ1) is 21.4. The number of ether oxygens (including phenoxy) is 2. The third kappa shape index (κ3) is 4.28. The molecular formula is C22H17ClN2O7. The van der Waals surface area contributed by atoms with Crippen molar-refractivity contribution >= 4 is 41.0 Å². The number of carboxylic acids is 1. The lowest BCUT2D eigenvalue weighted by Gasteiger charge is -2.26. The molecule has 9 nitrogen and oxygen atoms in total. The van der Waals surface area contributed by atoms with E-state index in [4.69, 9.17) is 26.2 Å². The standard InChI is InChI=1S/C22H17ClN2O7/c23-14-2-4-15(5-3-14)25-20(27)10-16(22(25)30)24(19(26)7-8-21(28)29)11-13-1-6-17-18(9-13)32-12-31-17/h1-9,16H,10-12H2,(H,28,29)/b8-7+. The zero-order chi connectivity index (χ0) is 22.8. The number of carboxylic acid groups (broad SMARTS) is 1. The van der Waals surface area contributed by atoms with Gasteiger partial charge < -0.3 is 19.5 Å². The predicted octanol–water partition coefficient (Wildman–Crippen LogP) is 2.37. The van der Waals surface area contributed by atoms with Crippen molar-refractivity contribution in [1.82, 2.24) is 4.90 Å². The van der Waals surface area contributed by atoms with Crippen molar-refractivity contribution in [2.75, 3.05) is 11.7 Å². The zero-order valence-electron chi connectivity index (χ0n) is 16.6. The Morgan fingerprint density at radius 2 is 1.81 bits per heavy atom. The molecule has 2 aromatic carbocycles. The fourth-order valence-electron chi connectivity index (χ4n) is 3.54. The number of nitrogens with zero attached hydrogens (tertiary/aromatic N) is 2. The third-order valence-corrected chi connectivity index (χ3v) is 5.28. The second kappa shape index (κ2) is 8.72. The van der Waals surface area contributed by atoms with Gasteiger partial charge in [-0.15, -0.1) is 0 Å². The molecule has 1 atom stereocenters. The average Bonchev–Trinajstić information content (AvgIpc) is 3.34. The Hall–Kier alpha value is -3.85. The summed E-state index contributed by atoms with van der Waals surface area (Å²) in [6.07, 6.45) is 1.31. The number of aliphatic carboxylic acids is 1. The van der Waals surface area contributed by atoms with Crippen LogP contribution in [0.25, 0.3) is 0 Å². The largest absolute Gasteiger partial charge is 0.478 e. The molecule has 10 heteroatoms. The summed E-state index contributed by atoms with van der Waals surface area (Å²) in [5.74, 6) is -2.04. The third-order valence-electron chi connectivity index (χ3n) is 5.03. The van der Waals surface area contributed by atoms with Gasteiger partial charge in [0.25, 0.3) is 5.91 Å². The minimum Gasteiger partial charge on any atom is -0.478 e. The Bertz CT molecular complexity index is 1130. The van der Waals surface area contributed by atoms with Gasteiger partial charge in [-0.3, -0.25) is 14.4 Å². The monoisotopic (exact) mass is 456 g/mol. The van der Waals surface area contributed by atoms with E-state index in [1.165, 1.54) is 17.0 Å². The molecule has 2 aromatic rings. The maximum absolute atomic E-state index is 13.2. The van der Waals surface area contributed by atoms with Gasteiger partial charge in [0.15, 0.2) is 11.5 Å². The summed E-state index contributed by atoms with van der Waals surface area (Å²) in [6, 6.07) is 10.1. The number of benzene rings is 2. The summed E-state index contributed by atoms with van der Waals surface area (Å²) >= 11 is 5.89. The van der Waals surface area contributed by atoms with Gasteiger partial charge in [0.2, 0.25) is 18.6 Å². The van der Waals surface area contributed by atoms with E-state index in [0.29, 0.717) is 33.8 Å². The number of halogens is 1. The fourth-order valence-corrected chi connectivity index (χ4v) is 3.66. The molecule has 1 fully saturated rings. The number of hydrogen-bond donors (Lipinski definition) is 1. The van der Waals surface area contributed by atoms with Crippen LogP contribution in [0.1, 0.15) is 12.0 Å². The molecule has 0 saturated carbocycles. The zero-order valence-corrected chi connectivity index (χ0v) is 17.3. The number of carbonyl (C=O) groups is 4. The van der Waals surface area contributed by atoms with Crippen LogP contribution in [0.3, 0.4) is 0 Å². The molecule has 32 heavy (non-hydrogen) atoms. The first-order valence-electron chi connectivity index (χ1n) is 9.56. The van der Waals surface area contributed by atoms with Crippen LogP contribution in [0.4, 0.5) is 5.69 Å². The Morgan fingerprint density at radius 3 is 2.53 bits per heavy atom. The van der Waals surface area contributed by atoms with Crippen molar-refractivity contribution in [1.29, 1.82) is 0 Å². The lowest BCUT2D eigenvalue weighted by Crippen LogP contribution is -2.44. The normalized spacial score (nSPS) is 17.3. The molecule has 0 bridgehead atoms. The van der Waals surface area contributed by atoms with Gasteiger partial charge in [-0.05, 0) is 42.0 Å². The van der Waals surface area contributed by atoms with Crippen LogP contribution >= 0.6 is 11.6 Å². The highest BCUT2D eigenvalue weighted by Crippen LogP contribution is 2.34. The van der Waals surface area contributed by atoms with Crippen molar-refractivity contribution < 1.29 is 33.8 Å². The van der Waals surface area contributed by atoms with Crippen LogP contribution < -0.4 is 14.4 Å². The maximum Gasteiger partial charge on any atom is 0.328 e. The lowest BCUT2D eigenvalue weighted by molar-refractivity contribution is -0.135. The number of fused-ring (bicyclic) bond motifs is 1. The van der Waals surface area contributed by atoms with Gasteiger partial charge in [-0.2, -0.15) is 0 Å². The van der Waals surface area contributed by atoms with Crippen molar-refractivity contribution in [3.63, 3.8) is 0 Å². The first-order chi connectivity index (χ1) is 15.3. The summed E-state index contributed by atoms with van der Waals surface area (Å²) in [4.78, 5) is 51.7. The smallest absolute Gasteiger partial charge is 0.328 e. The molecule has 0 aliphatic carbocycles. The molecule has 0 radical (unpaired) electrons. The van der Waals surface area contributed by atoms with E-state index in [1.807, 2.05) is 0 Å². The van der Waals surface area contributed by atoms with Crippen molar-refractivity contribution in [2.45, 2.75) is 19.0 Å². The Balaban J connectivity index is 1.64. The number of anilines is 1. The van der Waals surface area contributed by atoms with Gasteiger partial charge in [0, 0.05) is 23.7 Å². The highest BCUT2D eigenvalue weighted by atomic mass is 35.5. The Kier molecular flexibility index (Phi) is 5.83. The maximum atomic E-state index is 13.2. The molecule has 1 N–H and O–H groups in total. The first-order valence-corrected chi connectivity index (χ1v) is 9.94. The second-order valence-electron chi connectivity index (χ2n) is 7.09. The molecule has 3 amide bonds. The van der Waals surface area contributed by atoms with E-state index in [-0.39, 0.29) is 19.8 Å². The van der Waals surface area contributed by atoms with Gasteiger partial charge in [0.05, 0.1) is 12.1 Å². The lowest BCUT2D eigenvalue weighted by atomic mass is 10.1. The molecule has 0 aromatic heterocycles. The molecule has 2 heterocycles. The van der Waals surface area contributed by atoms with E-state index < -0.39 is 29.7 Å². The van der Waals surface area contributed by atoms with Crippen LogP contribution in [0, 0.1) is 0 Å². The molecular weight excluding hydrogens is 440 g/mol. The minimum atomic E-state index is -1.31. The molecule has 2 aliphatic rings. The SMILES string of the molecule is O=C(O)/C=C/C(=O)N(Cc1ccc2c(c1)OCO2)C1CC(=O)N(c2ccc(Cl)cc2)C1=O. The molecule has 164 valence electrons. The number of carbonyl (C=O) groups excluding carboxylic acids is 3. The number of hydrogen-bond acceptors (Lipinski definition) is 6. The summed E-state index contributed by atoms with van der Waals surface area (Å²) in [5.41, 5.74) is 0.958. The van der Waals surface area contributed by atoms with Crippen LogP contribution in [-0.4, -0.2) is 46.5 Å². The van der Waals surface area contributed by atoms with E-state index in [0.717, 1.165) is 11.0 Å². The van der Waals surface area contributed by atoms with Gasteiger partial charge >= 0.3 is 5.97 Å². The summed E-state index contributed by atoms with van der Waals surface area (Å²) in [6.45, 7) is 0.0338. The van der Waals surface area contributed by atoms with E-state index in [1.54, 1.807) is 30.3 Å². The van der Waals surface area contributed by atoms with E-state index in [2.05, 4.69) is 0 Å². The Labute approximate surface area is 187 Å². The van der Waals surface area contributed by atoms with Crippen molar-refractivity contribution in [2.24, 2.45) is 0 Å². The highest BCUT2D eigenvalue weighted by Gasteiger charge is 2.44. The van der Waals surface area contributed by atoms with Crippen molar-refractivity contribution in [3.8, 4) is 11.5 Å². The Morgan fingerprint density at radius 1 is 1.09 bits per heavy atom. The number of imide groups is 1. The molecule has 0 spiro atoms. The van der Waals surface area contributed by atoms with Crippen LogP contribution in [0.15, 0.2) is 54.6 Å². The predicted molar refractivity (Wildman–Crippen MR) is 112 cm³/mol. The number of rotatable bonds is 6. The fraction of sp³-hybridized carbons (Fsp3) is 0.182. The quantitative estimate of drug-likeness (QED) is 0.524. The van der Waals surface area contributed by atoms with E-state index in [9.17, 15) is 19.2 Å². The molecule has 2 aliphatic heterocycles. The second-order valence-corrected chi connectivity index (χ2v) is 7.53. The van der Waals surface area contributed by atoms with Crippen LogP contribution in [0.5, 0.6) is 11.5 Å². The van der Waals surface area contributed by atoms with E-state index >= 15 is 0 Å². The van der Waals surface area contributed by atoms with Gasteiger partial charge in [-0.1, -0.05) is 17.7 Å².